The van der Waals surface area contributed by atoms with Crippen molar-refractivity contribution in [3.8, 4) is 16.3 Å². The summed E-state index contributed by atoms with van der Waals surface area (Å²) in [6.45, 7) is 1.43. The largest absolute Gasteiger partial charge is 0.502 e. The van der Waals surface area contributed by atoms with Crippen LogP contribution in [-0.4, -0.2) is 63.8 Å². The van der Waals surface area contributed by atoms with Gasteiger partial charge in [-0.3, -0.25) is 19.3 Å². The monoisotopic (exact) mass is 485 g/mol. The Morgan fingerprint density at radius 2 is 1.97 bits per heavy atom. The van der Waals surface area contributed by atoms with E-state index in [1.165, 1.54) is 23.5 Å². The van der Waals surface area contributed by atoms with E-state index in [0.29, 0.717) is 36.2 Å². The standard InChI is InChI=1S/C23H24FN5O4S/c1-27-18-4-2-3-10-33-11-9-28(18)23(32)19-21(31)20(30)16(13-29(19)27)22-26-25-17(34-22)12-14-5-7-15(24)8-6-14/h5-8,13,18,31H,2-4,9-12H2,1H3. The van der Waals surface area contributed by atoms with Crippen LogP contribution >= 0.6 is 11.3 Å². The molecule has 0 spiro atoms. The van der Waals surface area contributed by atoms with Crippen molar-refractivity contribution in [2.45, 2.75) is 31.8 Å². The second-order valence-corrected chi connectivity index (χ2v) is 9.44. The zero-order valence-electron chi connectivity index (χ0n) is 18.6. The van der Waals surface area contributed by atoms with E-state index in [1.807, 2.05) is 12.1 Å². The minimum atomic E-state index is -0.670. The molecule has 4 heterocycles. The predicted molar refractivity (Wildman–Crippen MR) is 124 cm³/mol. The van der Waals surface area contributed by atoms with Gasteiger partial charge in [0.25, 0.3) is 5.91 Å². The molecule has 1 atom stereocenters. The highest BCUT2D eigenvalue weighted by Gasteiger charge is 2.38. The summed E-state index contributed by atoms with van der Waals surface area (Å²) >= 11 is 1.22. The summed E-state index contributed by atoms with van der Waals surface area (Å²) in [5.41, 5.74) is 0.298. The molecule has 0 bridgehead atoms. The lowest BCUT2D eigenvalue weighted by Gasteiger charge is -2.44. The summed E-state index contributed by atoms with van der Waals surface area (Å²) in [7, 11) is 1.83. The van der Waals surface area contributed by atoms with Crippen molar-refractivity contribution in [2.75, 3.05) is 31.8 Å². The maximum absolute atomic E-state index is 13.3. The van der Waals surface area contributed by atoms with E-state index in [-0.39, 0.29) is 23.2 Å². The average molecular weight is 486 g/mol. The van der Waals surface area contributed by atoms with Crippen molar-refractivity contribution >= 4 is 17.2 Å². The number of ether oxygens (including phenoxy) is 1. The molecule has 2 aromatic heterocycles. The van der Waals surface area contributed by atoms with E-state index in [1.54, 1.807) is 27.9 Å². The van der Waals surface area contributed by atoms with Crippen LogP contribution in [0.5, 0.6) is 5.75 Å². The molecule has 1 aromatic carbocycles. The number of pyridine rings is 1. The van der Waals surface area contributed by atoms with Crippen LogP contribution in [0.4, 0.5) is 4.39 Å². The highest BCUT2D eigenvalue weighted by Crippen LogP contribution is 2.30. The van der Waals surface area contributed by atoms with Gasteiger partial charge in [0.05, 0.1) is 12.2 Å². The predicted octanol–water partition coefficient (Wildman–Crippen LogP) is 2.35. The third-order valence-corrected chi connectivity index (χ3v) is 7.16. The fraction of sp³-hybridized carbons (Fsp3) is 0.391. The van der Waals surface area contributed by atoms with E-state index in [0.717, 1.165) is 24.8 Å². The lowest BCUT2D eigenvalue weighted by atomic mass is 10.1. The molecule has 34 heavy (non-hydrogen) atoms. The molecule has 5 rings (SSSR count). The Labute approximate surface area is 199 Å². The first-order chi connectivity index (χ1) is 16.4. The molecule has 2 aliphatic rings. The number of nitrogens with zero attached hydrogens (tertiary/aromatic N) is 5. The molecule has 1 saturated heterocycles. The lowest BCUT2D eigenvalue weighted by Crippen LogP contribution is -2.60. The number of amides is 1. The van der Waals surface area contributed by atoms with Crippen LogP contribution in [0.25, 0.3) is 10.6 Å². The van der Waals surface area contributed by atoms with Gasteiger partial charge in [0.1, 0.15) is 17.0 Å². The number of hydrogen-bond acceptors (Lipinski definition) is 8. The molecule has 2 aliphatic heterocycles. The summed E-state index contributed by atoms with van der Waals surface area (Å²) in [6, 6.07) is 6.10. The fourth-order valence-corrected chi connectivity index (χ4v) is 5.29. The molecular weight excluding hydrogens is 461 g/mol. The van der Waals surface area contributed by atoms with Crippen LogP contribution in [0, 0.1) is 5.82 Å². The molecule has 0 saturated carbocycles. The highest BCUT2D eigenvalue weighted by molar-refractivity contribution is 7.14. The quantitative estimate of drug-likeness (QED) is 0.608. The van der Waals surface area contributed by atoms with Gasteiger partial charge in [-0.2, -0.15) is 0 Å². The lowest BCUT2D eigenvalue weighted by molar-refractivity contribution is 0.0475. The van der Waals surface area contributed by atoms with Crippen molar-refractivity contribution in [3.63, 3.8) is 0 Å². The summed E-state index contributed by atoms with van der Waals surface area (Å²) in [5, 5.41) is 22.0. The summed E-state index contributed by atoms with van der Waals surface area (Å²) < 4.78 is 20.3. The van der Waals surface area contributed by atoms with Gasteiger partial charge in [0, 0.05) is 32.8 Å². The van der Waals surface area contributed by atoms with E-state index < -0.39 is 17.1 Å². The van der Waals surface area contributed by atoms with E-state index in [4.69, 9.17) is 4.74 Å². The van der Waals surface area contributed by atoms with E-state index in [2.05, 4.69) is 10.2 Å². The number of aromatic hydroxyl groups is 1. The second-order valence-electron chi connectivity index (χ2n) is 8.38. The van der Waals surface area contributed by atoms with Crippen molar-refractivity contribution in [2.24, 2.45) is 0 Å². The first kappa shape index (κ1) is 22.5. The normalized spacial score (nSPS) is 18.6. The topological polar surface area (TPSA) is 101 Å². The van der Waals surface area contributed by atoms with Gasteiger partial charge in [-0.25, -0.2) is 4.39 Å². The van der Waals surface area contributed by atoms with Crippen molar-refractivity contribution in [3.05, 3.63) is 62.8 Å². The van der Waals surface area contributed by atoms with Crippen LogP contribution in [0.3, 0.4) is 0 Å². The van der Waals surface area contributed by atoms with Gasteiger partial charge in [0.15, 0.2) is 16.5 Å². The average Bonchev–Trinajstić information content (AvgIpc) is 3.32. The molecule has 0 radical (unpaired) electrons. The fourth-order valence-electron chi connectivity index (χ4n) is 4.41. The number of hydrogen-bond donors (Lipinski definition) is 1. The Morgan fingerprint density at radius 1 is 1.18 bits per heavy atom. The summed E-state index contributed by atoms with van der Waals surface area (Å²) in [5.74, 6) is -1.32. The van der Waals surface area contributed by atoms with Crippen LogP contribution in [-0.2, 0) is 11.2 Å². The zero-order valence-corrected chi connectivity index (χ0v) is 19.4. The van der Waals surface area contributed by atoms with Crippen LogP contribution in [0.1, 0.15) is 40.3 Å². The molecule has 1 amide bonds. The number of halogens is 1. The number of carbonyl (C=O) groups excluding carboxylic acids is 1. The Balaban J connectivity index is 1.51. The van der Waals surface area contributed by atoms with E-state index >= 15 is 0 Å². The zero-order chi connectivity index (χ0) is 23.8. The summed E-state index contributed by atoms with van der Waals surface area (Å²) in [6.07, 6.45) is 4.30. The Kier molecular flexibility index (Phi) is 6.05. The first-order valence-corrected chi connectivity index (χ1v) is 11.9. The van der Waals surface area contributed by atoms with Gasteiger partial charge in [-0.15, -0.1) is 10.2 Å². The number of carbonyl (C=O) groups is 1. The molecule has 1 unspecified atom stereocenters. The molecule has 9 nitrogen and oxygen atoms in total. The molecule has 178 valence electrons. The number of fused-ring (bicyclic) bond motifs is 2. The van der Waals surface area contributed by atoms with Crippen LogP contribution in [0.15, 0.2) is 35.3 Å². The Hall–Kier alpha value is -3.31. The van der Waals surface area contributed by atoms with Gasteiger partial charge < -0.3 is 14.7 Å². The number of rotatable bonds is 3. The molecule has 1 fully saturated rings. The Bertz CT molecular complexity index is 1280. The van der Waals surface area contributed by atoms with Crippen LogP contribution < -0.4 is 10.4 Å². The minimum absolute atomic E-state index is 0.0669. The third kappa shape index (κ3) is 4.05. The number of benzene rings is 1. The van der Waals surface area contributed by atoms with Crippen molar-refractivity contribution < 1.29 is 19.0 Å². The molecule has 1 N–H and O–H groups in total. The second kappa shape index (κ2) is 9.15. The first-order valence-electron chi connectivity index (χ1n) is 11.1. The maximum Gasteiger partial charge on any atom is 0.278 e. The minimum Gasteiger partial charge on any atom is -0.502 e. The smallest absolute Gasteiger partial charge is 0.278 e. The van der Waals surface area contributed by atoms with Gasteiger partial charge >= 0.3 is 0 Å². The van der Waals surface area contributed by atoms with Gasteiger partial charge in [0.2, 0.25) is 5.43 Å². The van der Waals surface area contributed by atoms with Gasteiger partial charge in [-0.1, -0.05) is 23.5 Å². The molecule has 3 aromatic rings. The summed E-state index contributed by atoms with van der Waals surface area (Å²) in [4.78, 5) is 28.0. The molecular formula is C23H24FN5O4S. The maximum atomic E-state index is 13.3. The highest BCUT2D eigenvalue weighted by atomic mass is 32.1. The Morgan fingerprint density at radius 3 is 2.76 bits per heavy atom. The van der Waals surface area contributed by atoms with Crippen LogP contribution in [0.2, 0.25) is 0 Å². The SMILES string of the molecule is CN1C2CCCCOCCN2C(=O)c2c(O)c(=O)c(-c3nnc(Cc4ccc(F)cc4)s3)cn21. The van der Waals surface area contributed by atoms with E-state index in [9.17, 15) is 19.1 Å². The molecule has 11 heteroatoms. The third-order valence-electron chi connectivity index (χ3n) is 6.20. The molecule has 0 aliphatic carbocycles. The van der Waals surface area contributed by atoms with Gasteiger partial charge in [-0.05, 0) is 37.0 Å². The van der Waals surface area contributed by atoms with Crippen molar-refractivity contribution in [1.29, 1.82) is 0 Å². The van der Waals surface area contributed by atoms with Crippen molar-refractivity contribution in [1.82, 2.24) is 19.8 Å². The number of aromatic nitrogens is 3.